The highest BCUT2D eigenvalue weighted by atomic mass is 32.2. The van der Waals surface area contributed by atoms with Crippen molar-refractivity contribution >= 4 is 23.5 Å². The predicted molar refractivity (Wildman–Crippen MR) is 75.3 cm³/mol. The van der Waals surface area contributed by atoms with E-state index in [0.717, 1.165) is 35.5 Å². The highest BCUT2D eigenvalue weighted by molar-refractivity contribution is 7.98. The molecular weight excluding hydrogens is 266 g/mol. The van der Waals surface area contributed by atoms with Gasteiger partial charge in [-0.05, 0) is 37.6 Å². The van der Waals surface area contributed by atoms with Crippen molar-refractivity contribution in [2.75, 3.05) is 25.4 Å². The Morgan fingerprint density at radius 2 is 2.22 bits per heavy atom. The molecule has 0 aromatic carbocycles. The lowest BCUT2D eigenvalue weighted by atomic mass is 9.86. The topological polar surface area (TPSA) is 38.3 Å². The van der Waals surface area contributed by atoms with Crippen LogP contribution in [0.25, 0.3) is 0 Å². The molecule has 3 saturated heterocycles. The number of thioether (sulfide) groups is 1. The van der Waals surface area contributed by atoms with Crippen LogP contribution in [0.5, 0.6) is 5.88 Å². The van der Waals surface area contributed by atoms with Gasteiger partial charge in [0.25, 0.3) is 0 Å². The van der Waals surface area contributed by atoms with Gasteiger partial charge in [0.2, 0.25) is 5.88 Å². The normalized spacial score (nSPS) is 30.6. The largest absolute Gasteiger partial charge is 0.471 e. The first-order chi connectivity index (χ1) is 8.86. The second-order valence-electron chi connectivity index (χ2n) is 4.95. The summed E-state index contributed by atoms with van der Waals surface area (Å²) in [4.78, 5) is 2.50. The van der Waals surface area contributed by atoms with Crippen molar-refractivity contribution in [1.29, 1.82) is 0 Å². The van der Waals surface area contributed by atoms with Crippen LogP contribution < -0.4 is 4.74 Å². The molecule has 6 heteroatoms. The zero-order chi connectivity index (χ0) is 12.4. The summed E-state index contributed by atoms with van der Waals surface area (Å²) in [7, 11) is 0. The molecule has 4 rings (SSSR count). The number of piperidine rings is 3. The first-order valence-electron chi connectivity index (χ1n) is 6.65. The average molecular weight is 285 g/mol. The fraction of sp³-hybridized carbons (Fsp3) is 0.833. The van der Waals surface area contributed by atoms with Gasteiger partial charge in [0.1, 0.15) is 11.8 Å². The van der Waals surface area contributed by atoms with Crippen molar-refractivity contribution in [3.05, 3.63) is 5.69 Å². The Morgan fingerprint density at radius 1 is 1.39 bits per heavy atom. The zero-order valence-electron chi connectivity index (χ0n) is 10.7. The van der Waals surface area contributed by atoms with E-state index in [1.54, 1.807) is 0 Å². The van der Waals surface area contributed by atoms with Gasteiger partial charge in [-0.25, -0.2) is 0 Å². The van der Waals surface area contributed by atoms with Gasteiger partial charge in [0.15, 0.2) is 0 Å². The maximum atomic E-state index is 6.14. The minimum absolute atomic E-state index is 0.335. The Hall–Kier alpha value is -0.330. The highest BCUT2D eigenvalue weighted by Gasteiger charge is 2.36. The van der Waals surface area contributed by atoms with Crippen molar-refractivity contribution in [3.8, 4) is 5.88 Å². The minimum atomic E-state index is 0.335. The first-order valence-corrected chi connectivity index (χ1v) is 8.53. The van der Waals surface area contributed by atoms with E-state index < -0.39 is 0 Å². The van der Waals surface area contributed by atoms with Crippen molar-refractivity contribution in [2.45, 2.75) is 31.6 Å². The van der Waals surface area contributed by atoms with Gasteiger partial charge < -0.3 is 4.74 Å². The van der Waals surface area contributed by atoms with E-state index in [4.69, 9.17) is 4.74 Å². The van der Waals surface area contributed by atoms with Crippen LogP contribution >= 0.6 is 23.5 Å². The number of aromatic nitrogens is 2. The smallest absolute Gasteiger partial charge is 0.250 e. The van der Waals surface area contributed by atoms with Gasteiger partial charge in [-0.2, -0.15) is 16.1 Å². The van der Waals surface area contributed by atoms with Gasteiger partial charge >= 0.3 is 0 Å². The van der Waals surface area contributed by atoms with Gasteiger partial charge in [0.05, 0.1) is 11.7 Å². The summed E-state index contributed by atoms with van der Waals surface area (Å²) in [5.41, 5.74) is 1.03. The summed E-state index contributed by atoms with van der Waals surface area (Å²) < 4.78 is 14.8. The molecule has 0 unspecified atom stereocenters. The lowest BCUT2D eigenvalue weighted by Gasteiger charge is -2.44. The van der Waals surface area contributed by atoms with Crippen LogP contribution in [-0.2, 0) is 5.75 Å². The van der Waals surface area contributed by atoms with Crippen LogP contribution in [-0.4, -0.2) is 45.1 Å². The second-order valence-corrected chi connectivity index (χ2v) is 6.75. The number of ether oxygens (including phenoxy) is 1. The molecule has 1 atom stereocenters. The zero-order valence-corrected chi connectivity index (χ0v) is 12.3. The molecule has 1 aromatic rings. The summed E-state index contributed by atoms with van der Waals surface area (Å²) in [5.74, 6) is 3.54. The summed E-state index contributed by atoms with van der Waals surface area (Å²) in [6.45, 7) is 5.73. The molecule has 0 radical (unpaired) electrons. The molecule has 3 aliphatic heterocycles. The highest BCUT2D eigenvalue weighted by Crippen LogP contribution is 2.31. The monoisotopic (exact) mass is 285 g/mol. The molecule has 18 heavy (non-hydrogen) atoms. The van der Waals surface area contributed by atoms with Crippen LogP contribution in [0.1, 0.15) is 25.5 Å². The second kappa shape index (κ2) is 5.75. The molecule has 1 aromatic heterocycles. The number of hydrogen-bond acceptors (Lipinski definition) is 6. The van der Waals surface area contributed by atoms with E-state index >= 15 is 0 Å². The molecule has 4 nitrogen and oxygen atoms in total. The fourth-order valence-electron chi connectivity index (χ4n) is 2.76. The van der Waals surface area contributed by atoms with Gasteiger partial charge in [-0.3, -0.25) is 4.90 Å². The molecule has 0 amide bonds. The standard InChI is InChI=1S/C12H19N3OS2/c1-2-17-8-10-12(14-18-13-10)16-11-7-15-5-3-9(11)4-6-15/h9,11H,2-8H2,1H3/t11-/m0/s1. The number of hydrogen-bond donors (Lipinski definition) is 0. The van der Waals surface area contributed by atoms with E-state index in [2.05, 4.69) is 20.6 Å². The quantitative estimate of drug-likeness (QED) is 0.829. The number of fused-ring (bicyclic) bond motifs is 3. The summed E-state index contributed by atoms with van der Waals surface area (Å²) in [6, 6.07) is 0. The number of nitrogens with zero attached hydrogens (tertiary/aromatic N) is 3. The van der Waals surface area contributed by atoms with E-state index in [1.807, 2.05) is 11.8 Å². The summed E-state index contributed by atoms with van der Waals surface area (Å²) >= 11 is 3.14. The van der Waals surface area contributed by atoms with E-state index in [1.165, 1.54) is 37.7 Å². The molecule has 0 N–H and O–H groups in total. The number of rotatable bonds is 5. The van der Waals surface area contributed by atoms with E-state index in [0.29, 0.717) is 6.10 Å². The average Bonchev–Trinajstić information content (AvgIpc) is 2.85. The maximum absolute atomic E-state index is 6.14. The Morgan fingerprint density at radius 3 is 2.89 bits per heavy atom. The molecule has 4 heterocycles. The third-order valence-corrected chi connectivity index (χ3v) is 5.26. The summed E-state index contributed by atoms with van der Waals surface area (Å²) in [6.07, 6.45) is 2.89. The Kier molecular flexibility index (Phi) is 4.06. The third-order valence-electron chi connectivity index (χ3n) is 3.82. The molecule has 0 aliphatic carbocycles. The van der Waals surface area contributed by atoms with Crippen molar-refractivity contribution in [1.82, 2.24) is 13.6 Å². The molecule has 100 valence electrons. The summed E-state index contributed by atoms with van der Waals surface area (Å²) in [5, 5.41) is 0. The lowest BCUT2D eigenvalue weighted by Crippen LogP contribution is -2.52. The molecule has 3 fully saturated rings. The molecule has 0 saturated carbocycles. The van der Waals surface area contributed by atoms with Crippen LogP contribution in [0.2, 0.25) is 0 Å². The third kappa shape index (κ3) is 2.65. The van der Waals surface area contributed by atoms with Gasteiger partial charge in [0, 0.05) is 12.3 Å². The van der Waals surface area contributed by atoms with Gasteiger partial charge in [-0.15, -0.1) is 4.37 Å². The molecule has 3 aliphatic rings. The minimum Gasteiger partial charge on any atom is -0.471 e. The van der Waals surface area contributed by atoms with Crippen LogP contribution in [0.4, 0.5) is 0 Å². The van der Waals surface area contributed by atoms with Crippen LogP contribution in [0, 0.1) is 5.92 Å². The van der Waals surface area contributed by atoms with E-state index in [-0.39, 0.29) is 0 Å². The van der Waals surface area contributed by atoms with Crippen LogP contribution in [0.15, 0.2) is 0 Å². The predicted octanol–water partition coefficient (Wildman–Crippen LogP) is 2.26. The van der Waals surface area contributed by atoms with Gasteiger partial charge in [-0.1, -0.05) is 6.92 Å². The molecule has 2 bridgehead atoms. The van der Waals surface area contributed by atoms with E-state index in [9.17, 15) is 0 Å². The maximum Gasteiger partial charge on any atom is 0.250 e. The van der Waals surface area contributed by atoms with Crippen molar-refractivity contribution in [3.63, 3.8) is 0 Å². The van der Waals surface area contributed by atoms with Crippen molar-refractivity contribution in [2.24, 2.45) is 5.92 Å². The Balaban J connectivity index is 1.63. The first kappa shape index (κ1) is 12.7. The van der Waals surface area contributed by atoms with Crippen LogP contribution in [0.3, 0.4) is 0 Å². The SMILES string of the molecule is CCSCc1nsnc1O[C@H]1CN2CCC1CC2. The fourth-order valence-corrected chi connectivity index (χ4v) is 3.93. The van der Waals surface area contributed by atoms with Crippen molar-refractivity contribution < 1.29 is 4.74 Å². The molecular formula is C12H19N3OS2. The lowest BCUT2D eigenvalue weighted by molar-refractivity contribution is -0.00992. The Bertz CT molecular complexity index is 390. The molecule has 0 spiro atoms. The Labute approximate surface area is 116 Å².